The number of allylic oxidation sites excluding steroid dienone is 14. The zero-order valence-electron chi connectivity index (χ0n) is 38.3. The highest BCUT2D eigenvalue weighted by molar-refractivity contribution is 7.47. The summed E-state index contributed by atoms with van der Waals surface area (Å²) in [6.45, 7) is 2.99. The maximum absolute atomic E-state index is 12.8. The largest absolute Gasteiger partial charge is 0.472 e. The molecule has 0 heterocycles. The van der Waals surface area contributed by atoms with Crippen LogP contribution in [0.5, 0.6) is 0 Å². The summed E-state index contributed by atoms with van der Waals surface area (Å²) in [5, 5.41) is 50.2. The van der Waals surface area contributed by atoms with Crippen molar-refractivity contribution in [3.05, 3.63) is 85.1 Å². The maximum atomic E-state index is 12.8. The Morgan fingerprint density at radius 1 is 0.547 bits per heavy atom. The Morgan fingerprint density at radius 2 is 1.03 bits per heavy atom. The molecule has 0 aliphatic heterocycles. The van der Waals surface area contributed by atoms with E-state index in [0.29, 0.717) is 19.3 Å². The third kappa shape index (κ3) is 30.0. The van der Waals surface area contributed by atoms with Gasteiger partial charge >= 0.3 is 19.8 Å². The molecule has 0 spiro atoms. The van der Waals surface area contributed by atoms with Crippen LogP contribution in [0.2, 0.25) is 0 Å². The van der Waals surface area contributed by atoms with Gasteiger partial charge in [-0.3, -0.25) is 23.4 Å². The lowest BCUT2D eigenvalue weighted by Gasteiger charge is -2.41. The lowest BCUT2D eigenvalue weighted by Crippen LogP contribution is -2.64. The van der Waals surface area contributed by atoms with Crippen LogP contribution in [-0.2, 0) is 37.5 Å². The second-order valence-corrected chi connectivity index (χ2v) is 17.3. The molecule has 0 amide bonds. The highest BCUT2D eigenvalue weighted by atomic mass is 31.2. The number of unbranched alkanes of at least 4 members (excludes halogenated alkanes) is 10. The third-order valence-electron chi connectivity index (χ3n) is 10.2. The number of carbonyl (C=O) groups is 3. The molecule has 14 nitrogen and oxygen atoms in total. The van der Waals surface area contributed by atoms with E-state index in [1.807, 2.05) is 6.08 Å². The number of ether oxygens (including phenoxy) is 2. The van der Waals surface area contributed by atoms with Gasteiger partial charge in [0.25, 0.3) is 0 Å². The van der Waals surface area contributed by atoms with Crippen molar-refractivity contribution in [2.75, 3.05) is 13.2 Å². The molecular weight excluding hydrogens is 843 g/mol. The van der Waals surface area contributed by atoms with Crippen LogP contribution in [0, 0.1) is 0 Å². The van der Waals surface area contributed by atoms with Crippen LogP contribution in [0.3, 0.4) is 0 Å². The first-order chi connectivity index (χ1) is 30.8. The monoisotopic (exact) mass is 923 g/mol. The zero-order chi connectivity index (χ0) is 47.3. The quantitative estimate of drug-likeness (QED) is 0.00859. The number of aliphatic hydroxyl groups is 5. The third-order valence-corrected chi connectivity index (χ3v) is 11.2. The number of carbonyl (C=O) groups excluding carboxylic acids is 3. The number of hydrogen-bond donors (Lipinski definition) is 6. The lowest BCUT2D eigenvalue weighted by molar-refractivity contribution is -0.220. The summed E-state index contributed by atoms with van der Waals surface area (Å²) in [6, 6.07) is 0. The van der Waals surface area contributed by atoms with E-state index in [0.717, 1.165) is 89.9 Å². The van der Waals surface area contributed by atoms with Crippen molar-refractivity contribution in [1.29, 1.82) is 0 Å². The predicted molar refractivity (Wildman–Crippen MR) is 249 cm³/mol. The summed E-state index contributed by atoms with van der Waals surface area (Å²) in [6.07, 6.45) is 31.6. The molecule has 0 saturated heterocycles. The van der Waals surface area contributed by atoms with Crippen LogP contribution < -0.4 is 0 Å². The van der Waals surface area contributed by atoms with Gasteiger partial charge in [-0.25, -0.2) is 4.57 Å². The van der Waals surface area contributed by atoms with Gasteiger partial charge in [-0.1, -0.05) is 131 Å². The SMILES string of the molecule is CC/C=C\C/C=C\C/C=C\C/C=C\C/C=C\CCCCCC(=O)O[C@H](COC(=O)CCCCCCCC(=O)/C=C/C=C\CCCCC)COP(=O)(O)OC1[C@H](O)[C@H](O)C(O)[C@H](O)[C@H]1O. The fraction of sp³-hybridized carbons (Fsp3) is 0.653. The molecule has 6 N–H and O–H groups in total. The average molecular weight is 923 g/mol. The van der Waals surface area contributed by atoms with Crippen LogP contribution in [0.4, 0.5) is 0 Å². The van der Waals surface area contributed by atoms with E-state index in [1.165, 1.54) is 12.8 Å². The first-order valence-electron chi connectivity index (χ1n) is 23.3. The van der Waals surface area contributed by atoms with Gasteiger partial charge in [-0.05, 0) is 83.1 Å². The van der Waals surface area contributed by atoms with E-state index >= 15 is 0 Å². The standard InChI is InChI=1S/C49H79O14P/c1-3-5-7-9-11-12-13-14-15-16-17-18-19-20-21-22-24-28-33-37-43(52)62-41(39-61-64(58,59)63-49-47(56)45(54)44(53)46(55)48(49)57)38-60-42(51)36-32-29-25-27-31-35-40(50)34-30-26-23-10-8-6-4-2/h5,7,11-12,14-15,17-18,20-21,23,26,30,34,41,44-49,53-57H,3-4,6,8-10,13,16,19,22,24-25,27-29,31-33,35-39H2,1-2H3,(H,58,59)/b7-5-,12-11-,15-14-,18-17-,21-20-,26-23-,34-30+/t41-,44?,45-,46+,47-,48-,49?/m1/s1. The number of hydrogen-bond acceptors (Lipinski definition) is 13. The minimum atomic E-state index is -5.16. The molecule has 0 bridgehead atoms. The van der Waals surface area contributed by atoms with Gasteiger partial charge in [0, 0.05) is 19.3 Å². The van der Waals surface area contributed by atoms with Gasteiger partial charge in [0.1, 0.15) is 43.2 Å². The molecular formula is C49H79O14P. The second kappa shape index (κ2) is 37.9. The predicted octanol–water partition coefficient (Wildman–Crippen LogP) is 8.46. The summed E-state index contributed by atoms with van der Waals surface area (Å²) >= 11 is 0. The molecule has 64 heavy (non-hydrogen) atoms. The summed E-state index contributed by atoms with van der Waals surface area (Å²) < 4.78 is 33.4. The molecule has 1 fully saturated rings. The highest BCUT2D eigenvalue weighted by Crippen LogP contribution is 2.47. The summed E-state index contributed by atoms with van der Waals surface area (Å²) in [5.74, 6) is -1.17. The van der Waals surface area contributed by atoms with E-state index in [2.05, 4.69) is 80.7 Å². The molecule has 0 aromatic rings. The van der Waals surface area contributed by atoms with Crippen molar-refractivity contribution in [2.45, 2.75) is 191 Å². The molecule has 1 rings (SSSR count). The number of phosphoric ester groups is 1. The molecule has 15 heteroatoms. The summed E-state index contributed by atoms with van der Waals surface area (Å²) in [5.41, 5.74) is 0. The minimum absolute atomic E-state index is 0.0278. The number of aliphatic hydroxyl groups excluding tert-OH is 5. The van der Waals surface area contributed by atoms with E-state index in [1.54, 1.807) is 12.2 Å². The van der Waals surface area contributed by atoms with E-state index < -0.39 is 75.7 Å². The van der Waals surface area contributed by atoms with Crippen molar-refractivity contribution in [1.82, 2.24) is 0 Å². The van der Waals surface area contributed by atoms with Gasteiger partial charge in [0.2, 0.25) is 0 Å². The molecule has 1 saturated carbocycles. The Morgan fingerprint density at radius 3 is 1.62 bits per heavy atom. The minimum Gasteiger partial charge on any atom is -0.462 e. The molecule has 0 aromatic heterocycles. The van der Waals surface area contributed by atoms with Crippen LogP contribution in [0.1, 0.15) is 149 Å². The first kappa shape index (κ1) is 58.7. The Labute approximate surface area is 382 Å². The Balaban J connectivity index is 2.53. The van der Waals surface area contributed by atoms with Crippen molar-refractivity contribution >= 4 is 25.5 Å². The topological polar surface area (TPSA) is 227 Å². The fourth-order valence-electron chi connectivity index (χ4n) is 6.41. The van der Waals surface area contributed by atoms with Crippen molar-refractivity contribution in [2.24, 2.45) is 0 Å². The first-order valence-corrected chi connectivity index (χ1v) is 24.8. The number of esters is 2. The highest BCUT2D eigenvalue weighted by Gasteiger charge is 2.51. The smallest absolute Gasteiger partial charge is 0.462 e. The molecule has 1 aliphatic carbocycles. The van der Waals surface area contributed by atoms with Crippen LogP contribution in [-0.4, -0.2) is 104 Å². The van der Waals surface area contributed by atoms with Crippen LogP contribution in [0.15, 0.2) is 85.1 Å². The zero-order valence-corrected chi connectivity index (χ0v) is 39.2. The molecule has 3 unspecified atom stereocenters. The Hall–Kier alpha value is -3.30. The maximum Gasteiger partial charge on any atom is 0.472 e. The number of rotatable bonds is 37. The van der Waals surface area contributed by atoms with Crippen molar-refractivity contribution < 1.29 is 67.9 Å². The second-order valence-electron chi connectivity index (χ2n) is 15.9. The normalized spacial score (nSPS) is 22.2. The van der Waals surface area contributed by atoms with Gasteiger partial charge < -0.3 is 39.9 Å². The Bertz CT molecular complexity index is 1500. The Kier molecular flexibility index (Phi) is 34.7. The van der Waals surface area contributed by atoms with Gasteiger partial charge in [0.05, 0.1) is 6.61 Å². The van der Waals surface area contributed by atoms with Gasteiger partial charge in [0.15, 0.2) is 11.9 Å². The van der Waals surface area contributed by atoms with Crippen LogP contribution >= 0.6 is 7.82 Å². The molecule has 0 radical (unpaired) electrons. The van der Waals surface area contributed by atoms with Crippen molar-refractivity contribution in [3.63, 3.8) is 0 Å². The number of ketones is 1. The lowest BCUT2D eigenvalue weighted by atomic mass is 9.85. The van der Waals surface area contributed by atoms with Crippen molar-refractivity contribution in [3.8, 4) is 0 Å². The van der Waals surface area contributed by atoms with Gasteiger partial charge in [-0.15, -0.1) is 0 Å². The van der Waals surface area contributed by atoms with E-state index in [9.17, 15) is 49.4 Å². The molecule has 8 atom stereocenters. The van der Waals surface area contributed by atoms with Gasteiger partial charge in [-0.2, -0.15) is 0 Å². The summed E-state index contributed by atoms with van der Waals surface area (Å²) in [7, 11) is -5.16. The number of phosphoric acid groups is 1. The van der Waals surface area contributed by atoms with E-state index in [4.69, 9.17) is 18.5 Å². The fourth-order valence-corrected chi connectivity index (χ4v) is 7.38. The molecule has 1 aliphatic rings. The molecule has 364 valence electrons. The van der Waals surface area contributed by atoms with Crippen LogP contribution in [0.25, 0.3) is 0 Å². The molecule has 0 aromatic carbocycles. The van der Waals surface area contributed by atoms with E-state index in [-0.39, 0.29) is 18.6 Å². The average Bonchev–Trinajstić information content (AvgIpc) is 3.27. The summed E-state index contributed by atoms with van der Waals surface area (Å²) in [4.78, 5) is 47.8.